The largest absolute Gasteiger partial charge is 0.369 e. The van der Waals surface area contributed by atoms with E-state index in [1.54, 1.807) is 0 Å². The molecule has 1 aliphatic heterocycles. The minimum atomic E-state index is 0.0673. The molecule has 0 aromatic carbocycles. The lowest BCUT2D eigenvalue weighted by Crippen LogP contribution is -2.39. The Balaban J connectivity index is 1.63. The summed E-state index contributed by atoms with van der Waals surface area (Å²) in [6.45, 7) is 14.7. The first-order chi connectivity index (χ1) is 12.0. The highest BCUT2D eigenvalue weighted by Crippen LogP contribution is 2.49. The van der Waals surface area contributed by atoms with E-state index >= 15 is 0 Å². The van der Waals surface area contributed by atoms with Crippen LogP contribution < -0.4 is 0 Å². The van der Waals surface area contributed by atoms with Crippen LogP contribution in [0.4, 0.5) is 0 Å². The summed E-state index contributed by atoms with van der Waals surface area (Å²) in [7, 11) is 2.23. The van der Waals surface area contributed by atoms with Crippen LogP contribution in [0.5, 0.6) is 0 Å². The summed E-state index contributed by atoms with van der Waals surface area (Å²) in [5.74, 6) is 0.601. The molecule has 0 radical (unpaired) electrons. The van der Waals surface area contributed by atoms with Gasteiger partial charge in [-0.2, -0.15) is 5.10 Å². The number of hydrogen-bond acceptors (Lipinski definition) is 3. The Morgan fingerprint density at radius 2 is 1.88 bits per heavy atom. The molecule has 0 bridgehead atoms. The quantitative estimate of drug-likeness (QED) is 0.795. The molecule has 2 fully saturated rings. The molecule has 0 amide bonds. The van der Waals surface area contributed by atoms with Crippen LogP contribution in [-0.2, 0) is 11.3 Å². The van der Waals surface area contributed by atoms with Crippen LogP contribution in [0.3, 0.4) is 0 Å². The van der Waals surface area contributed by atoms with E-state index in [9.17, 15) is 0 Å². The van der Waals surface area contributed by atoms with E-state index in [1.165, 1.54) is 49.8 Å². The second-order valence-electron chi connectivity index (χ2n) is 10.6. The number of H-pyrrole nitrogens is 1. The van der Waals surface area contributed by atoms with Crippen molar-refractivity contribution in [2.24, 2.45) is 5.41 Å². The highest BCUT2D eigenvalue weighted by molar-refractivity contribution is 5.22. The van der Waals surface area contributed by atoms with Gasteiger partial charge in [0.15, 0.2) is 0 Å². The van der Waals surface area contributed by atoms with E-state index in [2.05, 4.69) is 63.7 Å². The fourth-order valence-electron chi connectivity index (χ4n) is 4.87. The molecule has 4 heteroatoms. The normalized spacial score (nSPS) is 30.2. The maximum atomic E-state index is 6.47. The fourth-order valence-corrected chi connectivity index (χ4v) is 4.87. The van der Waals surface area contributed by atoms with Crippen molar-refractivity contribution in [3.05, 3.63) is 17.5 Å². The van der Waals surface area contributed by atoms with Crippen LogP contribution >= 0.6 is 0 Å². The average Bonchev–Trinajstić information content (AvgIpc) is 3.11. The van der Waals surface area contributed by atoms with E-state index in [1.807, 2.05) is 6.20 Å². The Kier molecular flexibility index (Phi) is 5.31. The molecule has 2 heterocycles. The lowest BCUT2D eigenvalue weighted by atomic mass is 9.75. The smallest absolute Gasteiger partial charge is 0.0691 e. The van der Waals surface area contributed by atoms with Crippen LogP contribution in [0.1, 0.15) is 97.2 Å². The van der Waals surface area contributed by atoms with Crippen molar-refractivity contribution in [3.63, 3.8) is 0 Å². The topological polar surface area (TPSA) is 41.2 Å². The average molecular weight is 362 g/mol. The van der Waals surface area contributed by atoms with Gasteiger partial charge in [0.25, 0.3) is 0 Å². The second kappa shape index (κ2) is 6.94. The first kappa shape index (κ1) is 19.9. The number of aromatic nitrogens is 2. The van der Waals surface area contributed by atoms with Crippen LogP contribution in [0.25, 0.3) is 0 Å². The summed E-state index contributed by atoms with van der Waals surface area (Å²) in [4.78, 5) is 2.46. The van der Waals surface area contributed by atoms with Gasteiger partial charge in [-0.15, -0.1) is 0 Å². The predicted molar refractivity (Wildman–Crippen MR) is 107 cm³/mol. The Hall–Kier alpha value is -0.870. The van der Waals surface area contributed by atoms with Gasteiger partial charge in [0.1, 0.15) is 0 Å². The third-order valence-electron chi connectivity index (χ3n) is 7.07. The van der Waals surface area contributed by atoms with Crippen LogP contribution in [0.2, 0.25) is 0 Å². The maximum absolute atomic E-state index is 6.47. The summed E-state index contributed by atoms with van der Waals surface area (Å²) in [5, 5.41) is 7.74. The van der Waals surface area contributed by atoms with E-state index in [4.69, 9.17) is 4.74 Å². The molecule has 1 spiro atoms. The molecule has 148 valence electrons. The van der Waals surface area contributed by atoms with Gasteiger partial charge in [-0.1, -0.05) is 20.8 Å². The SMILES string of the molecule is CC(N(C)Cc1cn[nH]c1C1CCC2(CC1)CCC(C)(C)O2)C(C)(C)C. The first-order valence-corrected chi connectivity index (χ1v) is 10.4. The van der Waals surface area contributed by atoms with Crippen molar-refractivity contribution < 1.29 is 4.74 Å². The van der Waals surface area contributed by atoms with Crippen molar-refractivity contribution in [3.8, 4) is 0 Å². The molecular formula is C22H39N3O. The van der Waals surface area contributed by atoms with E-state index in [0.717, 1.165) is 6.54 Å². The summed E-state index contributed by atoms with van der Waals surface area (Å²) in [5.41, 5.74) is 3.24. The van der Waals surface area contributed by atoms with Gasteiger partial charge in [0, 0.05) is 29.8 Å². The van der Waals surface area contributed by atoms with Crippen LogP contribution in [0.15, 0.2) is 6.20 Å². The molecule has 3 rings (SSSR count). The zero-order valence-electron chi connectivity index (χ0n) is 18.0. The predicted octanol–water partition coefficient (Wildman–Crippen LogP) is 5.26. The second-order valence-corrected chi connectivity index (χ2v) is 10.6. The number of aromatic amines is 1. The summed E-state index contributed by atoms with van der Waals surface area (Å²) < 4.78 is 6.47. The van der Waals surface area contributed by atoms with Crippen molar-refractivity contribution in [2.45, 2.75) is 110 Å². The Morgan fingerprint density at radius 3 is 2.42 bits per heavy atom. The maximum Gasteiger partial charge on any atom is 0.0691 e. The molecule has 1 N–H and O–H groups in total. The van der Waals surface area contributed by atoms with Gasteiger partial charge < -0.3 is 4.74 Å². The van der Waals surface area contributed by atoms with Gasteiger partial charge >= 0.3 is 0 Å². The van der Waals surface area contributed by atoms with Gasteiger partial charge in [0.2, 0.25) is 0 Å². The monoisotopic (exact) mass is 361 g/mol. The molecule has 26 heavy (non-hydrogen) atoms. The molecule has 1 aliphatic carbocycles. The fraction of sp³-hybridized carbons (Fsp3) is 0.864. The zero-order chi connectivity index (χ0) is 19.2. The third kappa shape index (κ3) is 4.17. The van der Waals surface area contributed by atoms with Crippen molar-refractivity contribution in [1.82, 2.24) is 15.1 Å². The Labute approximate surface area is 160 Å². The van der Waals surface area contributed by atoms with Gasteiger partial charge in [-0.05, 0) is 71.8 Å². The van der Waals surface area contributed by atoms with E-state index < -0.39 is 0 Å². The minimum Gasteiger partial charge on any atom is -0.369 e. The van der Waals surface area contributed by atoms with E-state index in [-0.39, 0.29) is 16.6 Å². The summed E-state index contributed by atoms with van der Waals surface area (Å²) >= 11 is 0. The molecule has 1 atom stereocenters. The molecule has 1 saturated carbocycles. The zero-order valence-corrected chi connectivity index (χ0v) is 18.0. The van der Waals surface area contributed by atoms with Gasteiger partial charge in [0.05, 0.1) is 17.4 Å². The minimum absolute atomic E-state index is 0.0673. The number of hydrogen-bond donors (Lipinski definition) is 1. The Bertz CT molecular complexity index is 605. The first-order valence-electron chi connectivity index (χ1n) is 10.4. The number of nitrogens with one attached hydrogen (secondary N) is 1. The lowest BCUT2D eigenvalue weighted by molar-refractivity contribution is -0.105. The van der Waals surface area contributed by atoms with Crippen molar-refractivity contribution in [1.29, 1.82) is 0 Å². The molecule has 1 aromatic rings. The van der Waals surface area contributed by atoms with Crippen LogP contribution in [-0.4, -0.2) is 39.4 Å². The number of rotatable bonds is 4. The molecular weight excluding hydrogens is 322 g/mol. The number of nitrogens with zero attached hydrogens (tertiary/aromatic N) is 2. The van der Waals surface area contributed by atoms with Gasteiger partial charge in [-0.3, -0.25) is 10.00 Å². The van der Waals surface area contributed by atoms with Crippen molar-refractivity contribution in [2.75, 3.05) is 7.05 Å². The highest BCUT2D eigenvalue weighted by Gasteiger charge is 2.46. The summed E-state index contributed by atoms with van der Waals surface area (Å²) in [6.07, 6.45) is 9.27. The lowest BCUT2D eigenvalue weighted by Gasteiger charge is -2.39. The molecule has 1 aromatic heterocycles. The van der Waals surface area contributed by atoms with Crippen LogP contribution in [0, 0.1) is 5.41 Å². The molecule has 4 nitrogen and oxygen atoms in total. The van der Waals surface area contributed by atoms with E-state index in [0.29, 0.717) is 12.0 Å². The Morgan fingerprint density at radius 1 is 1.23 bits per heavy atom. The molecule has 2 aliphatic rings. The van der Waals surface area contributed by atoms with Gasteiger partial charge in [-0.25, -0.2) is 0 Å². The summed E-state index contributed by atoms with van der Waals surface area (Å²) in [6, 6.07) is 0.522. The number of ether oxygens (including phenoxy) is 1. The highest BCUT2D eigenvalue weighted by atomic mass is 16.5. The third-order valence-corrected chi connectivity index (χ3v) is 7.07. The molecule has 1 unspecified atom stereocenters. The van der Waals surface area contributed by atoms with Crippen molar-refractivity contribution >= 4 is 0 Å². The standard InChI is InChI=1S/C22H39N3O/c1-16(20(2,3)4)25(7)15-18-14-23-24-19(18)17-8-10-22(11-9-17)13-12-21(5,6)26-22/h14,16-17H,8-13,15H2,1-7H3,(H,23,24). The molecule has 1 saturated heterocycles.